The number of fused-ring (bicyclic) bond motifs is 1. The van der Waals surface area contributed by atoms with E-state index in [0.29, 0.717) is 5.56 Å². The van der Waals surface area contributed by atoms with Crippen molar-refractivity contribution < 1.29 is 0 Å². The van der Waals surface area contributed by atoms with Gasteiger partial charge in [0.25, 0.3) is 0 Å². The van der Waals surface area contributed by atoms with Gasteiger partial charge < -0.3 is 10.3 Å². The van der Waals surface area contributed by atoms with E-state index in [2.05, 4.69) is 45.4 Å². The second kappa shape index (κ2) is 6.69. The Morgan fingerprint density at radius 1 is 1.04 bits per heavy atom. The standard InChI is InChI=1S/C21H17N5/c1-14(16-5-3-2-4-6-16)25-20-18-11-19(26-21(18)24-13-23-20)17-9-7-15(12-22)8-10-17/h2-11,13-14H,1H3,(H2,23,24,25,26). The highest BCUT2D eigenvalue weighted by Gasteiger charge is 2.12. The highest BCUT2D eigenvalue weighted by atomic mass is 15.1. The lowest BCUT2D eigenvalue weighted by Gasteiger charge is -2.15. The van der Waals surface area contributed by atoms with Gasteiger partial charge in [-0.2, -0.15) is 5.26 Å². The van der Waals surface area contributed by atoms with Crippen LogP contribution in [0.5, 0.6) is 0 Å². The summed E-state index contributed by atoms with van der Waals surface area (Å²) in [7, 11) is 0. The van der Waals surface area contributed by atoms with Gasteiger partial charge in [-0.1, -0.05) is 42.5 Å². The molecule has 126 valence electrons. The summed E-state index contributed by atoms with van der Waals surface area (Å²) in [6.07, 6.45) is 1.56. The summed E-state index contributed by atoms with van der Waals surface area (Å²) >= 11 is 0. The minimum Gasteiger partial charge on any atom is -0.363 e. The van der Waals surface area contributed by atoms with Crippen molar-refractivity contribution in [3.05, 3.63) is 78.1 Å². The molecule has 4 aromatic rings. The molecule has 0 amide bonds. The number of H-pyrrole nitrogens is 1. The Labute approximate surface area is 151 Å². The molecule has 2 aromatic carbocycles. The summed E-state index contributed by atoms with van der Waals surface area (Å²) < 4.78 is 0. The van der Waals surface area contributed by atoms with Crippen molar-refractivity contribution in [3.63, 3.8) is 0 Å². The molecule has 0 saturated carbocycles. The normalized spacial score (nSPS) is 11.8. The summed E-state index contributed by atoms with van der Waals surface area (Å²) in [6.45, 7) is 2.11. The molecule has 0 aliphatic rings. The van der Waals surface area contributed by atoms with Crippen molar-refractivity contribution in [2.75, 3.05) is 5.32 Å². The molecule has 0 spiro atoms. The topological polar surface area (TPSA) is 77.4 Å². The van der Waals surface area contributed by atoms with Gasteiger partial charge in [-0.3, -0.25) is 0 Å². The van der Waals surface area contributed by atoms with Crippen molar-refractivity contribution in [1.82, 2.24) is 15.0 Å². The zero-order chi connectivity index (χ0) is 17.9. The number of nitrogens with zero attached hydrogens (tertiary/aromatic N) is 3. The molecular formula is C21H17N5. The molecule has 0 aliphatic carbocycles. The molecule has 0 aliphatic heterocycles. The predicted octanol–water partition coefficient (Wildman–Crippen LogP) is 4.67. The van der Waals surface area contributed by atoms with Crippen molar-refractivity contribution in [3.8, 4) is 17.3 Å². The number of nitriles is 1. The number of rotatable bonds is 4. The first-order valence-electron chi connectivity index (χ1n) is 8.40. The molecule has 26 heavy (non-hydrogen) atoms. The average molecular weight is 339 g/mol. The Morgan fingerprint density at radius 3 is 2.54 bits per heavy atom. The molecule has 0 fully saturated rings. The molecule has 2 aromatic heterocycles. The van der Waals surface area contributed by atoms with Crippen LogP contribution in [0.1, 0.15) is 24.1 Å². The average Bonchev–Trinajstić information content (AvgIpc) is 3.14. The van der Waals surface area contributed by atoms with Gasteiger partial charge in [0.05, 0.1) is 17.0 Å². The number of aromatic amines is 1. The molecule has 1 unspecified atom stereocenters. The minimum absolute atomic E-state index is 0.127. The van der Waals surface area contributed by atoms with Crippen molar-refractivity contribution >= 4 is 16.9 Å². The first-order valence-corrected chi connectivity index (χ1v) is 8.40. The van der Waals surface area contributed by atoms with Crippen LogP contribution in [0.4, 0.5) is 5.82 Å². The maximum Gasteiger partial charge on any atom is 0.143 e. The molecule has 2 heterocycles. The largest absolute Gasteiger partial charge is 0.363 e. The van der Waals surface area contributed by atoms with E-state index in [1.54, 1.807) is 6.33 Å². The van der Waals surface area contributed by atoms with E-state index in [1.807, 2.05) is 48.5 Å². The zero-order valence-corrected chi connectivity index (χ0v) is 14.3. The first-order chi connectivity index (χ1) is 12.7. The number of aromatic nitrogens is 3. The van der Waals surface area contributed by atoms with E-state index in [0.717, 1.165) is 28.1 Å². The maximum atomic E-state index is 8.94. The molecule has 1 atom stereocenters. The monoisotopic (exact) mass is 339 g/mol. The molecule has 4 rings (SSSR count). The fourth-order valence-corrected chi connectivity index (χ4v) is 2.96. The van der Waals surface area contributed by atoms with Crippen LogP contribution >= 0.6 is 0 Å². The lowest BCUT2D eigenvalue weighted by molar-refractivity contribution is 0.876. The molecule has 5 nitrogen and oxygen atoms in total. The fourth-order valence-electron chi connectivity index (χ4n) is 2.96. The number of hydrogen-bond acceptors (Lipinski definition) is 4. The second-order valence-corrected chi connectivity index (χ2v) is 6.13. The van der Waals surface area contributed by atoms with Crippen LogP contribution in [-0.2, 0) is 0 Å². The third-order valence-electron chi connectivity index (χ3n) is 4.40. The van der Waals surface area contributed by atoms with Crippen LogP contribution in [0, 0.1) is 11.3 Å². The minimum atomic E-state index is 0.127. The van der Waals surface area contributed by atoms with Crippen molar-refractivity contribution in [2.24, 2.45) is 0 Å². The highest BCUT2D eigenvalue weighted by Crippen LogP contribution is 2.28. The lowest BCUT2D eigenvalue weighted by atomic mass is 10.1. The summed E-state index contributed by atoms with van der Waals surface area (Å²) in [6, 6.07) is 22.0. The van der Waals surface area contributed by atoms with Gasteiger partial charge in [-0.15, -0.1) is 0 Å². The third kappa shape index (κ3) is 3.01. The maximum absolute atomic E-state index is 8.94. The molecule has 2 N–H and O–H groups in total. The molecule has 0 bridgehead atoms. The lowest BCUT2D eigenvalue weighted by Crippen LogP contribution is -2.08. The molecular weight excluding hydrogens is 322 g/mol. The van der Waals surface area contributed by atoms with E-state index in [1.165, 1.54) is 5.56 Å². The van der Waals surface area contributed by atoms with Gasteiger partial charge in [0.2, 0.25) is 0 Å². The van der Waals surface area contributed by atoms with Crippen LogP contribution in [0.2, 0.25) is 0 Å². The van der Waals surface area contributed by atoms with Gasteiger partial charge in [0.15, 0.2) is 0 Å². The highest BCUT2D eigenvalue weighted by molar-refractivity contribution is 5.91. The number of hydrogen-bond donors (Lipinski definition) is 2. The van der Waals surface area contributed by atoms with Crippen LogP contribution < -0.4 is 5.32 Å². The van der Waals surface area contributed by atoms with Crippen LogP contribution in [0.3, 0.4) is 0 Å². The van der Waals surface area contributed by atoms with E-state index in [-0.39, 0.29) is 6.04 Å². The van der Waals surface area contributed by atoms with E-state index < -0.39 is 0 Å². The van der Waals surface area contributed by atoms with Gasteiger partial charge in [-0.05, 0) is 36.2 Å². The quantitative estimate of drug-likeness (QED) is 0.566. The second-order valence-electron chi connectivity index (χ2n) is 6.13. The Kier molecular flexibility index (Phi) is 4.08. The third-order valence-corrected chi connectivity index (χ3v) is 4.40. The molecule has 0 saturated heterocycles. The molecule has 5 heteroatoms. The first kappa shape index (κ1) is 15.9. The van der Waals surface area contributed by atoms with E-state index >= 15 is 0 Å². The van der Waals surface area contributed by atoms with Crippen LogP contribution in [0.15, 0.2) is 67.0 Å². The van der Waals surface area contributed by atoms with E-state index in [4.69, 9.17) is 5.26 Å². The molecule has 0 radical (unpaired) electrons. The summed E-state index contributed by atoms with van der Waals surface area (Å²) in [5, 5.41) is 13.4. The Balaban J connectivity index is 1.68. The van der Waals surface area contributed by atoms with E-state index in [9.17, 15) is 0 Å². The van der Waals surface area contributed by atoms with Gasteiger partial charge in [-0.25, -0.2) is 9.97 Å². The van der Waals surface area contributed by atoms with Gasteiger partial charge in [0.1, 0.15) is 17.8 Å². The van der Waals surface area contributed by atoms with Gasteiger partial charge >= 0.3 is 0 Å². The van der Waals surface area contributed by atoms with Crippen LogP contribution in [0.25, 0.3) is 22.3 Å². The summed E-state index contributed by atoms with van der Waals surface area (Å²) in [5.41, 5.74) is 4.57. The number of nitrogens with one attached hydrogen (secondary N) is 2. The van der Waals surface area contributed by atoms with Gasteiger partial charge in [0, 0.05) is 11.7 Å². The zero-order valence-electron chi connectivity index (χ0n) is 14.3. The Bertz CT molecular complexity index is 1080. The Hall–Kier alpha value is -3.65. The summed E-state index contributed by atoms with van der Waals surface area (Å²) in [5.74, 6) is 0.794. The van der Waals surface area contributed by atoms with Crippen LogP contribution in [-0.4, -0.2) is 15.0 Å². The summed E-state index contributed by atoms with van der Waals surface area (Å²) in [4.78, 5) is 12.1. The predicted molar refractivity (Wildman–Crippen MR) is 103 cm³/mol. The van der Waals surface area contributed by atoms with Crippen molar-refractivity contribution in [2.45, 2.75) is 13.0 Å². The fraction of sp³-hybridized carbons (Fsp3) is 0.0952. The Morgan fingerprint density at radius 2 is 1.81 bits per heavy atom. The van der Waals surface area contributed by atoms with Crippen molar-refractivity contribution in [1.29, 1.82) is 5.26 Å². The number of anilines is 1. The smallest absolute Gasteiger partial charge is 0.143 e. The number of benzene rings is 2. The SMILES string of the molecule is CC(Nc1ncnc2[nH]c(-c3ccc(C#N)cc3)cc12)c1ccccc1.